The van der Waals surface area contributed by atoms with Gasteiger partial charge in [0.05, 0.1) is 7.11 Å². The minimum atomic E-state index is -0.787. The summed E-state index contributed by atoms with van der Waals surface area (Å²) >= 11 is 1.30. The highest BCUT2D eigenvalue weighted by Gasteiger charge is 2.37. The number of hydrogen-bond acceptors (Lipinski definition) is 8. The highest BCUT2D eigenvalue weighted by atomic mass is 32.1. The molecule has 0 aliphatic heterocycles. The summed E-state index contributed by atoms with van der Waals surface area (Å²) in [4.78, 5) is 17.5. The molecule has 0 saturated carbocycles. The molecule has 0 amide bonds. The number of rotatable bonds is 10. The molecule has 7 nitrogen and oxygen atoms in total. The van der Waals surface area contributed by atoms with Crippen molar-refractivity contribution in [2.24, 2.45) is 5.16 Å². The maximum atomic E-state index is 12.8. The van der Waals surface area contributed by atoms with E-state index in [4.69, 9.17) is 9.47 Å². The third-order valence-electron chi connectivity index (χ3n) is 6.48. The van der Waals surface area contributed by atoms with Gasteiger partial charge in [-0.1, -0.05) is 108 Å². The lowest BCUT2D eigenvalue weighted by Gasteiger charge is -2.36. The summed E-state index contributed by atoms with van der Waals surface area (Å²) in [5, 5.41) is 18.8. The van der Waals surface area contributed by atoms with Crippen molar-refractivity contribution in [2.45, 2.75) is 12.1 Å². The quantitative estimate of drug-likeness (QED) is 0.0681. The molecule has 0 atom stereocenters. The van der Waals surface area contributed by atoms with E-state index in [1.165, 1.54) is 11.3 Å². The molecule has 2 N–H and O–H groups in total. The maximum Gasteiger partial charge on any atom is 0.363 e. The molecule has 0 spiro atoms. The van der Waals surface area contributed by atoms with E-state index < -0.39 is 11.5 Å². The topological polar surface area (TPSA) is 93.0 Å². The predicted molar refractivity (Wildman–Crippen MR) is 156 cm³/mol. The Labute approximate surface area is 236 Å². The first kappa shape index (κ1) is 26.6. The van der Waals surface area contributed by atoms with Gasteiger partial charge in [-0.15, -0.1) is 11.3 Å². The summed E-state index contributed by atoms with van der Waals surface area (Å²) in [6, 6.07) is 37.5. The molecule has 0 unspecified atom stereocenters. The van der Waals surface area contributed by atoms with Crippen LogP contribution in [0.25, 0.3) is 0 Å². The van der Waals surface area contributed by atoms with Crippen molar-refractivity contribution in [1.29, 1.82) is 0 Å². The van der Waals surface area contributed by atoms with E-state index in [9.17, 15) is 10.0 Å². The van der Waals surface area contributed by atoms with Crippen LogP contribution >= 0.6 is 11.3 Å². The van der Waals surface area contributed by atoms with Gasteiger partial charge in [-0.2, -0.15) is 0 Å². The van der Waals surface area contributed by atoms with Crippen LogP contribution in [0.2, 0.25) is 0 Å². The fraction of sp³-hybridized carbons (Fsp3) is 0.0938. The van der Waals surface area contributed by atoms with Crippen LogP contribution in [0.3, 0.4) is 0 Å². The smallest absolute Gasteiger partial charge is 0.363 e. The highest BCUT2D eigenvalue weighted by Crippen LogP contribution is 2.40. The number of oxime groups is 1. The molecule has 5 aromatic rings. The molecule has 1 heterocycles. The first-order valence-electron chi connectivity index (χ1n) is 12.6. The van der Waals surface area contributed by atoms with E-state index in [0.717, 1.165) is 22.3 Å². The van der Waals surface area contributed by atoms with Crippen molar-refractivity contribution < 1.29 is 19.5 Å². The standard InChI is InChI=1S/C32H27N3O4S/c1-38-27-19-17-23(18-20-27)21-39-30(36)29(35-37)28-22-40-31(33-28)34-32(24-11-5-2-6-12-24,25-13-7-3-8-14-25)26-15-9-4-10-16-26/h2-20,22,37H,21H2,1H3,(H,33,34). The third-order valence-corrected chi connectivity index (χ3v) is 7.24. The molecule has 4 aromatic carbocycles. The summed E-state index contributed by atoms with van der Waals surface area (Å²) in [5.41, 5.74) is 2.95. The number of anilines is 1. The molecule has 200 valence electrons. The van der Waals surface area contributed by atoms with Gasteiger partial charge in [-0.05, 0) is 34.4 Å². The molecular formula is C32H27N3O4S. The number of methoxy groups -OCH3 is 1. The van der Waals surface area contributed by atoms with Crippen LogP contribution in [0.4, 0.5) is 5.13 Å². The second-order valence-corrected chi connectivity index (χ2v) is 9.74. The number of hydrogen-bond donors (Lipinski definition) is 2. The number of thiazole rings is 1. The summed E-state index contributed by atoms with van der Waals surface area (Å²) in [5.74, 6) is -0.0802. The third kappa shape index (κ3) is 5.57. The normalized spacial score (nSPS) is 11.6. The first-order chi connectivity index (χ1) is 19.6. The Bertz CT molecular complexity index is 1470. The summed E-state index contributed by atoms with van der Waals surface area (Å²) < 4.78 is 10.6. The largest absolute Gasteiger partial charge is 0.497 e. The Morgan fingerprint density at radius 3 is 1.85 bits per heavy atom. The fourth-order valence-electron chi connectivity index (χ4n) is 4.52. The lowest BCUT2D eigenvalue weighted by Crippen LogP contribution is -2.38. The fourth-order valence-corrected chi connectivity index (χ4v) is 5.27. The molecule has 0 aliphatic rings. The average Bonchev–Trinajstić information content (AvgIpc) is 3.48. The van der Waals surface area contributed by atoms with E-state index in [2.05, 4.69) is 51.9 Å². The summed E-state index contributed by atoms with van der Waals surface area (Å²) in [6.07, 6.45) is 0. The molecule has 0 aliphatic carbocycles. The first-order valence-corrected chi connectivity index (χ1v) is 13.4. The SMILES string of the molecule is COc1ccc(COC(=O)C(=NO)c2csc(NC(c3ccccc3)(c3ccccc3)c3ccccc3)n2)cc1. The van der Waals surface area contributed by atoms with Crippen molar-refractivity contribution in [2.75, 3.05) is 12.4 Å². The number of nitrogens with zero attached hydrogens (tertiary/aromatic N) is 2. The zero-order valence-electron chi connectivity index (χ0n) is 21.7. The molecule has 0 fully saturated rings. The zero-order chi connectivity index (χ0) is 27.8. The zero-order valence-corrected chi connectivity index (χ0v) is 22.5. The van der Waals surface area contributed by atoms with Crippen LogP contribution in [0.15, 0.2) is 126 Å². The number of carbonyl (C=O) groups excluding carboxylic acids is 1. The van der Waals surface area contributed by atoms with E-state index in [1.807, 2.05) is 54.6 Å². The van der Waals surface area contributed by atoms with E-state index in [-0.39, 0.29) is 18.0 Å². The monoisotopic (exact) mass is 549 g/mol. The lowest BCUT2D eigenvalue weighted by atomic mass is 9.77. The van der Waals surface area contributed by atoms with Gasteiger partial charge in [0, 0.05) is 5.38 Å². The number of esters is 1. The van der Waals surface area contributed by atoms with Gasteiger partial charge >= 0.3 is 5.97 Å². The van der Waals surface area contributed by atoms with Gasteiger partial charge in [0.15, 0.2) is 5.13 Å². The van der Waals surface area contributed by atoms with Crippen LogP contribution in [-0.2, 0) is 21.7 Å². The highest BCUT2D eigenvalue weighted by molar-refractivity contribution is 7.14. The Morgan fingerprint density at radius 1 is 0.850 bits per heavy atom. The molecule has 5 rings (SSSR count). The number of ether oxygens (including phenoxy) is 2. The van der Waals surface area contributed by atoms with E-state index in [1.54, 1.807) is 36.8 Å². The van der Waals surface area contributed by atoms with Gasteiger partial charge in [0.25, 0.3) is 0 Å². The maximum absolute atomic E-state index is 12.8. The molecule has 0 radical (unpaired) electrons. The van der Waals surface area contributed by atoms with Gasteiger partial charge in [0.2, 0.25) is 5.71 Å². The minimum absolute atomic E-state index is 0.0101. The van der Waals surface area contributed by atoms with Gasteiger partial charge in [0.1, 0.15) is 23.6 Å². The molecule has 0 bridgehead atoms. The van der Waals surface area contributed by atoms with Crippen molar-refractivity contribution >= 4 is 28.1 Å². The van der Waals surface area contributed by atoms with Crippen molar-refractivity contribution in [3.63, 3.8) is 0 Å². The average molecular weight is 550 g/mol. The molecule has 0 saturated heterocycles. The number of carbonyl (C=O) groups is 1. The van der Waals surface area contributed by atoms with Crippen LogP contribution in [0.1, 0.15) is 27.9 Å². The van der Waals surface area contributed by atoms with Gasteiger partial charge < -0.3 is 20.0 Å². The van der Waals surface area contributed by atoms with Gasteiger partial charge in [-0.3, -0.25) is 0 Å². The second-order valence-electron chi connectivity index (χ2n) is 8.88. The predicted octanol–water partition coefficient (Wildman–Crippen LogP) is 6.48. The lowest BCUT2D eigenvalue weighted by molar-refractivity contribution is -0.136. The van der Waals surface area contributed by atoms with Crippen LogP contribution in [-0.4, -0.2) is 29.0 Å². The van der Waals surface area contributed by atoms with E-state index in [0.29, 0.717) is 10.9 Å². The molecule has 40 heavy (non-hydrogen) atoms. The molecule has 1 aromatic heterocycles. The second kappa shape index (κ2) is 12.3. The van der Waals surface area contributed by atoms with E-state index >= 15 is 0 Å². The molecular weight excluding hydrogens is 522 g/mol. The Kier molecular flexibility index (Phi) is 8.18. The number of benzene rings is 4. The Hall–Kier alpha value is -4.95. The van der Waals surface area contributed by atoms with Crippen LogP contribution < -0.4 is 10.1 Å². The van der Waals surface area contributed by atoms with Gasteiger partial charge in [-0.25, -0.2) is 9.78 Å². The summed E-state index contributed by atoms with van der Waals surface area (Å²) in [6.45, 7) is 0.0101. The van der Waals surface area contributed by atoms with Crippen LogP contribution in [0, 0.1) is 0 Å². The molecule has 8 heteroatoms. The van der Waals surface area contributed by atoms with Crippen molar-refractivity contribution in [1.82, 2.24) is 4.98 Å². The number of aromatic nitrogens is 1. The van der Waals surface area contributed by atoms with Crippen LogP contribution in [0.5, 0.6) is 5.75 Å². The van der Waals surface area contributed by atoms with Crippen molar-refractivity contribution in [3.05, 3.63) is 149 Å². The summed E-state index contributed by atoms with van der Waals surface area (Å²) in [7, 11) is 1.58. The number of nitrogens with one attached hydrogen (secondary N) is 1. The Balaban J connectivity index is 1.46. The minimum Gasteiger partial charge on any atom is -0.497 e. The van der Waals surface area contributed by atoms with Crippen molar-refractivity contribution in [3.8, 4) is 5.75 Å². The Morgan fingerprint density at radius 2 is 1.38 bits per heavy atom.